The van der Waals surface area contributed by atoms with Gasteiger partial charge in [-0.1, -0.05) is 23.8 Å². The number of hydrogen-bond donors (Lipinski definition) is 2. The molecule has 0 aliphatic rings. The van der Waals surface area contributed by atoms with Crippen LogP contribution in [0.2, 0.25) is 0 Å². The van der Waals surface area contributed by atoms with Crippen molar-refractivity contribution in [2.24, 2.45) is 0 Å². The Hall–Kier alpha value is -3.75. The van der Waals surface area contributed by atoms with Gasteiger partial charge in [0.25, 0.3) is 11.6 Å². The van der Waals surface area contributed by atoms with Crippen LogP contribution in [0, 0.1) is 17.0 Å². The van der Waals surface area contributed by atoms with Gasteiger partial charge in [-0.05, 0) is 25.1 Å². The standard InChI is InChI=1S/C19H19N3O6/c1-13-5-7-14(8-6-13)20-17(23)9-10-19(25)28-12-18(24)21-15-3-2-4-16(11-15)22(26)27/h2-8,11H,9-10,12H2,1H3,(H,20,23)(H,21,24). The Kier molecular flexibility index (Phi) is 7.21. The van der Waals surface area contributed by atoms with Gasteiger partial charge in [-0.15, -0.1) is 0 Å². The van der Waals surface area contributed by atoms with Crippen LogP contribution in [-0.2, 0) is 19.1 Å². The average Bonchev–Trinajstić information content (AvgIpc) is 2.66. The van der Waals surface area contributed by atoms with Gasteiger partial charge in [0.15, 0.2) is 6.61 Å². The molecule has 0 unspecified atom stereocenters. The summed E-state index contributed by atoms with van der Waals surface area (Å²) in [5, 5.41) is 15.8. The van der Waals surface area contributed by atoms with E-state index in [1.165, 1.54) is 24.3 Å². The third kappa shape index (κ3) is 6.87. The second kappa shape index (κ2) is 9.81. The van der Waals surface area contributed by atoms with Crippen molar-refractivity contribution in [1.29, 1.82) is 0 Å². The van der Waals surface area contributed by atoms with Gasteiger partial charge in [-0.3, -0.25) is 24.5 Å². The Morgan fingerprint density at radius 3 is 2.32 bits per heavy atom. The van der Waals surface area contributed by atoms with E-state index in [2.05, 4.69) is 10.6 Å². The molecule has 2 aromatic rings. The number of anilines is 2. The molecule has 2 rings (SSSR count). The summed E-state index contributed by atoms with van der Waals surface area (Å²) < 4.78 is 4.81. The number of nitro benzene ring substituents is 1. The van der Waals surface area contributed by atoms with Crippen LogP contribution in [-0.4, -0.2) is 29.3 Å². The quantitative estimate of drug-likeness (QED) is 0.408. The van der Waals surface area contributed by atoms with E-state index in [0.717, 1.165) is 5.56 Å². The summed E-state index contributed by atoms with van der Waals surface area (Å²) in [6.07, 6.45) is -0.263. The first kappa shape index (κ1) is 20.6. The summed E-state index contributed by atoms with van der Waals surface area (Å²) >= 11 is 0. The van der Waals surface area contributed by atoms with Crippen LogP contribution in [0.25, 0.3) is 0 Å². The molecule has 9 heteroatoms. The molecule has 0 aliphatic carbocycles. The highest BCUT2D eigenvalue weighted by molar-refractivity contribution is 5.94. The summed E-state index contributed by atoms with van der Waals surface area (Å²) in [4.78, 5) is 45.4. The number of non-ortho nitro benzene ring substituents is 1. The molecule has 0 aliphatic heterocycles. The van der Waals surface area contributed by atoms with Crippen LogP contribution in [0.1, 0.15) is 18.4 Å². The number of carbonyl (C=O) groups is 3. The first-order valence-corrected chi connectivity index (χ1v) is 8.40. The largest absolute Gasteiger partial charge is 0.456 e. The van der Waals surface area contributed by atoms with E-state index in [0.29, 0.717) is 5.69 Å². The molecule has 28 heavy (non-hydrogen) atoms. The Morgan fingerprint density at radius 2 is 1.64 bits per heavy atom. The van der Waals surface area contributed by atoms with Crippen molar-refractivity contribution >= 4 is 34.8 Å². The van der Waals surface area contributed by atoms with Gasteiger partial charge in [-0.25, -0.2) is 0 Å². The van der Waals surface area contributed by atoms with Gasteiger partial charge in [0.05, 0.1) is 11.3 Å². The van der Waals surface area contributed by atoms with E-state index in [9.17, 15) is 24.5 Å². The van der Waals surface area contributed by atoms with Gasteiger partial charge >= 0.3 is 5.97 Å². The van der Waals surface area contributed by atoms with E-state index in [4.69, 9.17) is 4.74 Å². The second-order valence-corrected chi connectivity index (χ2v) is 5.93. The number of ether oxygens (including phenoxy) is 1. The lowest BCUT2D eigenvalue weighted by atomic mass is 10.2. The van der Waals surface area contributed by atoms with Crippen molar-refractivity contribution in [2.75, 3.05) is 17.2 Å². The van der Waals surface area contributed by atoms with E-state index in [1.54, 1.807) is 12.1 Å². The van der Waals surface area contributed by atoms with Crippen molar-refractivity contribution in [3.8, 4) is 0 Å². The van der Waals surface area contributed by atoms with Crippen molar-refractivity contribution in [3.05, 3.63) is 64.2 Å². The molecule has 0 saturated carbocycles. The van der Waals surface area contributed by atoms with Gasteiger partial charge in [-0.2, -0.15) is 0 Å². The lowest BCUT2D eigenvalue weighted by Crippen LogP contribution is -2.21. The Balaban J connectivity index is 1.70. The topological polar surface area (TPSA) is 128 Å². The summed E-state index contributed by atoms with van der Waals surface area (Å²) in [5.74, 6) is -1.69. The first-order chi connectivity index (χ1) is 13.3. The van der Waals surface area contributed by atoms with Gasteiger partial charge in [0.1, 0.15) is 0 Å². The maximum atomic E-state index is 11.8. The Morgan fingerprint density at radius 1 is 0.964 bits per heavy atom. The third-order valence-electron chi connectivity index (χ3n) is 3.60. The monoisotopic (exact) mass is 385 g/mol. The molecule has 0 heterocycles. The number of benzene rings is 2. The predicted octanol–water partition coefficient (Wildman–Crippen LogP) is 2.80. The van der Waals surface area contributed by atoms with E-state index in [1.807, 2.05) is 19.1 Å². The molecule has 0 atom stereocenters. The number of nitrogens with one attached hydrogen (secondary N) is 2. The van der Waals surface area contributed by atoms with Crippen molar-refractivity contribution in [3.63, 3.8) is 0 Å². The first-order valence-electron chi connectivity index (χ1n) is 8.40. The minimum atomic E-state index is -0.701. The van der Waals surface area contributed by atoms with Crippen LogP contribution >= 0.6 is 0 Å². The van der Waals surface area contributed by atoms with Gasteiger partial charge in [0.2, 0.25) is 5.91 Å². The average molecular weight is 385 g/mol. The van der Waals surface area contributed by atoms with Gasteiger partial charge in [0, 0.05) is 29.9 Å². The van der Waals surface area contributed by atoms with Crippen LogP contribution in [0.5, 0.6) is 0 Å². The maximum absolute atomic E-state index is 11.8. The number of nitrogens with zero attached hydrogens (tertiary/aromatic N) is 1. The number of carbonyl (C=O) groups excluding carboxylic acids is 3. The number of amides is 2. The van der Waals surface area contributed by atoms with Crippen molar-refractivity contribution < 1.29 is 24.0 Å². The summed E-state index contributed by atoms with van der Waals surface area (Å²) in [5.41, 5.74) is 1.73. The lowest BCUT2D eigenvalue weighted by molar-refractivity contribution is -0.384. The third-order valence-corrected chi connectivity index (χ3v) is 3.60. The SMILES string of the molecule is Cc1ccc(NC(=O)CCC(=O)OCC(=O)Nc2cccc([N+](=O)[O-])c2)cc1. The summed E-state index contributed by atoms with van der Waals surface area (Å²) in [6, 6.07) is 12.6. The number of hydrogen-bond acceptors (Lipinski definition) is 6. The second-order valence-electron chi connectivity index (χ2n) is 5.93. The van der Waals surface area contributed by atoms with E-state index in [-0.39, 0.29) is 30.1 Å². The number of rotatable bonds is 8. The number of esters is 1. The molecule has 146 valence electrons. The fourth-order valence-electron chi connectivity index (χ4n) is 2.19. The number of nitro groups is 1. The molecule has 0 bridgehead atoms. The summed E-state index contributed by atoms with van der Waals surface area (Å²) in [7, 11) is 0. The molecule has 2 amide bonds. The zero-order valence-electron chi connectivity index (χ0n) is 15.1. The fourth-order valence-corrected chi connectivity index (χ4v) is 2.19. The molecule has 0 spiro atoms. The van der Waals surface area contributed by atoms with Crippen molar-refractivity contribution in [2.45, 2.75) is 19.8 Å². The normalized spacial score (nSPS) is 10.0. The Bertz CT molecular complexity index is 879. The highest BCUT2D eigenvalue weighted by Crippen LogP contribution is 2.16. The molecular weight excluding hydrogens is 366 g/mol. The molecule has 0 radical (unpaired) electrons. The smallest absolute Gasteiger partial charge is 0.306 e. The molecular formula is C19H19N3O6. The minimum absolute atomic E-state index is 0.0841. The summed E-state index contributed by atoms with van der Waals surface area (Å²) in [6.45, 7) is 1.37. The zero-order chi connectivity index (χ0) is 20.5. The molecule has 0 fully saturated rings. The van der Waals surface area contributed by atoms with Crippen LogP contribution in [0.4, 0.5) is 17.1 Å². The van der Waals surface area contributed by atoms with Crippen molar-refractivity contribution in [1.82, 2.24) is 0 Å². The molecule has 2 N–H and O–H groups in total. The molecule has 0 aromatic heterocycles. The van der Waals surface area contributed by atoms with Crippen LogP contribution < -0.4 is 10.6 Å². The van der Waals surface area contributed by atoms with Gasteiger partial charge < -0.3 is 15.4 Å². The fraction of sp³-hybridized carbons (Fsp3) is 0.211. The van der Waals surface area contributed by atoms with E-state index >= 15 is 0 Å². The molecule has 9 nitrogen and oxygen atoms in total. The van der Waals surface area contributed by atoms with Crippen LogP contribution in [0.15, 0.2) is 48.5 Å². The highest BCUT2D eigenvalue weighted by atomic mass is 16.6. The Labute approximate surface area is 160 Å². The number of aryl methyl sites for hydroxylation is 1. The zero-order valence-corrected chi connectivity index (χ0v) is 15.1. The highest BCUT2D eigenvalue weighted by Gasteiger charge is 2.12. The predicted molar refractivity (Wildman–Crippen MR) is 102 cm³/mol. The maximum Gasteiger partial charge on any atom is 0.306 e. The minimum Gasteiger partial charge on any atom is -0.456 e. The van der Waals surface area contributed by atoms with E-state index < -0.39 is 23.4 Å². The molecule has 2 aromatic carbocycles. The lowest BCUT2D eigenvalue weighted by Gasteiger charge is -2.07. The van der Waals surface area contributed by atoms with Crippen LogP contribution in [0.3, 0.4) is 0 Å². The molecule has 0 saturated heterocycles.